The van der Waals surface area contributed by atoms with E-state index in [-0.39, 0.29) is 0 Å². The Bertz CT molecular complexity index is 235. The Morgan fingerprint density at radius 2 is 1.67 bits per heavy atom. The molecule has 0 aromatic rings. The van der Waals surface area contributed by atoms with Gasteiger partial charge in [-0.15, -0.1) is 0 Å². The van der Waals surface area contributed by atoms with Gasteiger partial charge in [-0.05, 0) is 24.2 Å². The van der Waals surface area contributed by atoms with Gasteiger partial charge in [0.1, 0.15) is 0 Å². The molecule has 2 rings (SSSR count). The summed E-state index contributed by atoms with van der Waals surface area (Å²) in [4.78, 5) is 1.56. The maximum Gasteiger partial charge on any atom is 0.0107 e. The molecule has 0 amide bonds. The predicted molar refractivity (Wildman–Crippen MR) is 68.4 cm³/mol. The molecule has 0 radical (unpaired) electrons. The third-order valence-corrected chi connectivity index (χ3v) is 4.35. The predicted octanol–water partition coefficient (Wildman–Crippen LogP) is 4.39. The molecule has 2 heteroatoms. The molecule has 0 saturated heterocycles. The minimum atomic E-state index is 0.825. The van der Waals surface area contributed by atoms with Crippen LogP contribution in [0.3, 0.4) is 0 Å². The lowest BCUT2D eigenvalue weighted by Crippen LogP contribution is -2.07. The third-order valence-electron chi connectivity index (χ3n) is 3.35. The van der Waals surface area contributed by atoms with Crippen molar-refractivity contribution in [2.24, 2.45) is 5.92 Å². The van der Waals surface area contributed by atoms with E-state index in [0.29, 0.717) is 0 Å². The molecule has 15 heavy (non-hydrogen) atoms. The summed E-state index contributed by atoms with van der Waals surface area (Å²) in [5, 5.41) is 5.39. The molecule has 0 spiro atoms. The fourth-order valence-corrected chi connectivity index (χ4v) is 3.32. The van der Waals surface area contributed by atoms with Gasteiger partial charge in [-0.3, -0.25) is 0 Å². The zero-order valence-corrected chi connectivity index (χ0v) is 10.2. The van der Waals surface area contributed by atoms with E-state index in [9.17, 15) is 0 Å². The van der Waals surface area contributed by atoms with E-state index >= 15 is 0 Å². The van der Waals surface area contributed by atoms with E-state index in [1.807, 2.05) is 18.0 Å². The molecule has 1 nitrogen and oxygen atoms in total. The zero-order chi connectivity index (χ0) is 10.3. The first kappa shape index (κ1) is 11.1. The SMILES string of the molecule is C1=CSC(C2CCCCCCCC2)=CN1. The maximum absolute atomic E-state index is 3.22. The molecule has 1 heterocycles. The van der Waals surface area contributed by atoms with Crippen LogP contribution in [0.15, 0.2) is 22.7 Å². The molecule has 1 fully saturated rings. The number of thioether (sulfide) groups is 1. The fourth-order valence-electron chi connectivity index (χ4n) is 2.45. The Hall–Kier alpha value is -0.370. The fraction of sp³-hybridized carbons (Fsp3) is 0.692. The van der Waals surface area contributed by atoms with Crippen molar-refractivity contribution in [3.8, 4) is 0 Å². The Kier molecular flexibility index (Phi) is 4.65. The van der Waals surface area contributed by atoms with Crippen molar-refractivity contribution in [3.63, 3.8) is 0 Å². The Balaban J connectivity index is 1.89. The number of hydrogen-bond donors (Lipinski definition) is 1. The third kappa shape index (κ3) is 3.60. The van der Waals surface area contributed by atoms with Gasteiger partial charge in [0.15, 0.2) is 0 Å². The summed E-state index contributed by atoms with van der Waals surface area (Å²) >= 11 is 1.91. The number of rotatable bonds is 1. The van der Waals surface area contributed by atoms with Crippen LogP contribution in [0.25, 0.3) is 0 Å². The number of allylic oxidation sites excluding steroid dienone is 1. The van der Waals surface area contributed by atoms with Crippen LogP contribution in [0.4, 0.5) is 0 Å². The molecule has 1 N–H and O–H groups in total. The van der Waals surface area contributed by atoms with Gasteiger partial charge in [0.05, 0.1) is 0 Å². The van der Waals surface area contributed by atoms with Crippen molar-refractivity contribution in [1.29, 1.82) is 0 Å². The summed E-state index contributed by atoms with van der Waals surface area (Å²) in [7, 11) is 0. The highest BCUT2D eigenvalue weighted by Crippen LogP contribution is 2.34. The largest absolute Gasteiger partial charge is 0.366 e. The van der Waals surface area contributed by atoms with Crippen molar-refractivity contribution >= 4 is 11.8 Å². The Morgan fingerprint density at radius 1 is 1.00 bits per heavy atom. The van der Waals surface area contributed by atoms with E-state index in [4.69, 9.17) is 0 Å². The molecular weight excluding hydrogens is 202 g/mol. The summed E-state index contributed by atoms with van der Waals surface area (Å²) in [5.74, 6) is 0.825. The molecule has 1 aliphatic carbocycles. The summed E-state index contributed by atoms with van der Waals surface area (Å²) in [6.07, 6.45) is 15.7. The first-order valence-electron chi connectivity index (χ1n) is 6.24. The minimum Gasteiger partial charge on any atom is -0.366 e. The van der Waals surface area contributed by atoms with Crippen molar-refractivity contribution in [1.82, 2.24) is 5.32 Å². The molecule has 84 valence electrons. The second-order valence-electron chi connectivity index (χ2n) is 4.53. The average molecular weight is 223 g/mol. The van der Waals surface area contributed by atoms with E-state index in [1.54, 1.807) is 4.91 Å². The van der Waals surface area contributed by atoms with E-state index in [1.165, 1.54) is 51.4 Å². The molecular formula is C13H21NS. The highest BCUT2D eigenvalue weighted by atomic mass is 32.2. The van der Waals surface area contributed by atoms with Gasteiger partial charge in [0.2, 0.25) is 0 Å². The van der Waals surface area contributed by atoms with Gasteiger partial charge in [0, 0.05) is 17.3 Å². The monoisotopic (exact) mass is 223 g/mol. The standard InChI is InChI=1S/C13H21NS/c1-2-4-6-8-12(7-5-3-1)13-11-14-9-10-15-13/h9-12,14H,1-8H2. The van der Waals surface area contributed by atoms with E-state index in [0.717, 1.165) is 5.92 Å². The van der Waals surface area contributed by atoms with Crippen molar-refractivity contribution < 1.29 is 0 Å². The lowest BCUT2D eigenvalue weighted by atomic mass is 9.96. The molecule has 0 unspecified atom stereocenters. The molecule has 1 aliphatic heterocycles. The van der Waals surface area contributed by atoms with Gasteiger partial charge in [0.25, 0.3) is 0 Å². The average Bonchev–Trinajstić information content (AvgIpc) is 2.43. The topological polar surface area (TPSA) is 12.0 Å². The first-order valence-corrected chi connectivity index (χ1v) is 7.12. The Morgan fingerprint density at radius 3 is 2.27 bits per heavy atom. The van der Waals surface area contributed by atoms with Crippen LogP contribution in [-0.2, 0) is 0 Å². The van der Waals surface area contributed by atoms with Crippen LogP contribution in [0.5, 0.6) is 0 Å². The van der Waals surface area contributed by atoms with Crippen LogP contribution < -0.4 is 5.32 Å². The van der Waals surface area contributed by atoms with Crippen LogP contribution in [-0.4, -0.2) is 0 Å². The summed E-state index contributed by atoms with van der Waals surface area (Å²) in [5.41, 5.74) is 0. The molecule has 0 bridgehead atoms. The van der Waals surface area contributed by atoms with Crippen LogP contribution in [0, 0.1) is 5.92 Å². The van der Waals surface area contributed by atoms with Crippen LogP contribution in [0.2, 0.25) is 0 Å². The van der Waals surface area contributed by atoms with Crippen molar-refractivity contribution in [2.45, 2.75) is 51.4 Å². The molecule has 1 saturated carbocycles. The molecule has 0 aromatic heterocycles. The molecule has 2 aliphatic rings. The number of nitrogens with one attached hydrogen (secondary N) is 1. The van der Waals surface area contributed by atoms with Gasteiger partial charge in [-0.1, -0.05) is 50.3 Å². The minimum absolute atomic E-state index is 0.825. The van der Waals surface area contributed by atoms with Crippen molar-refractivity contribution in [2.75, 3.05) is 0 Å². The van der Waals surface area contributed by atoms with Gasteiger partial charge in [-0.2, -0.15) is 0 Å². The van der Waals surface area contributed by atoms with Gasteiger partial charge < -0.3 is 5.32 Å². The summed E-state index contributed by atoms with van der Waals surface area (Å²) < 4.78 is 0. The van der Waals surface area contributed by atoms with Gasteiger partial charge >= 0.3 is 0 Å². The lowest BCUT2D eigenvalue weighted by Gasteiger charge is -2.20. The van der Waals surface area contributed by atoms with E-state index in [2.05, 4.69) is 16.9 Å². The smallest absolute Gasteiger partial charge is 0.0107 e. The van der Waals surface area contributed by atoms with Gasteiger partial charge in [-0.25, -0.2) is 0 Å². The second kappa shape index (κ2) is 6.26. The maximum atomic E-state index is 3.22. The Labute approximate surface area is 97.4 Å². The lowest BCUT2D eigenvalue weighted by molar-refractivity contribution is 0.502. The zero-order valence-electron chi connectivity index (χ0n) is 9.37. The number of hydrogen-bond acceptors (Lipinski definition) is 2. The van der Waals surface area contributed by atoms with Crippen molar-refractivity contribution in [3.05, 3.63) is 22.7 Å². The van der Waals surface area contributed by atoms with E-state index < -0.39 is 0 Å². The van der Waals surface area contributed by atoms with Crippen LogP contribution >= 0.6 is 11.8 Å². The van der Waals surface area contributed by atoms with Crippen LogP contribution in [0.1, 0.15) is 51.4 Å². The highest BCUT2D eigenvalue weighted by molar-refractivity contribution is 8.05. The summed E-state index contributed by atoms with van der Waals surface area (Å²) in [6.45, 7) is 0. The second-order valence-corrected chi connectivity index (χ2v) is 5.51. The summed E-state index contributed by atoms with van der Waals surface area (Å²) in [6, 6.07) is 0. The normalized spacial score (nSPS) is 24.7. The molecule has 0 atom stereocenters. The highest BCUT2D eigenvalue weighted by Gasteiger charge is 2.16. The quantitative estimate of drug-likeness (QED) is 0.707. The first-order chi connectivity index (χ1) is 7.47. The molecule has 0 aromatic carbocycles.